The maximum atomic E-state index is 11.9. The highest BCUT2D eigenvalue weighted by Crippen LogP contribution is 2.11. The average Bonchev–Trinajstić information content (AvgIpc) is 2.88. The van der Waals surface area contributed by atoms with Crippen LogP contribution in [0.15, 0.2) is 40.6 Å². The lowest BCUT2D eigenvalue weighted by Gasteiger charge is -2.04. The van der Waals surface area contributed by atoms with Crippen molar-refractivity contribution in [2.45, 2.75) is 11.4 Å². The maximum absolute atomic E-state index is 11.9. The van der Waals surface area contributed by atoms with E-state index in [1.807, 2.05) is 4.72 Å². The van der Waals surface area contributed by atoms with Crippen molar-refractivity contribution < 1.29 is 13.2 Å². The summed E-state index contributed by atoms with van der Waals surface area (Å²) in [6.07, 6.45) is 0. The Hall–Kier alpha value is -1.77. The zero-order valence-corrected chi connectivity index (χ0v) is 11.4. The van der Waals surface area contributed by atoms with Crippen LogP contribution in [0.3, 0.4) is 0 Å². The lowest BCUT2D eigenvalue weighted by atomic mass is 10.4. The third-order valence-corrected chi connectivity index (χ3v) is 4.46. The second-order valence-corrected chi connectivity index (χ2v) is 6.20. The molecule has 0 atom stereocenters. The summed E-state index contributed by atoms with van der Waals surface area (Å²) in [6, 6.07) is 7.65. The van der Waals surface area contributed by atoms with Crippen molar-refractivity contribution in [1.82, 2.24) is 9.71 Å². The molecule has 6 nitrogen and oxygen atoms in total. The largest absolute Gasteiger partial charge is 0.325 e. The highest BCUT2D eigenvalue weighted by Gasteiger charge is 2.19. The van der Waals surface area contributed by atoms with Crippen LogP contribution >= 0.6 is 11.3 Å². The first-order valence-corrected chi connectivity index (χ1v) is 7.66. The van der Waals surface area contributed by atoms with Crippen LogP contribution in [0, 0.1) is 0 Å². The molecular formula is C11H11N3O3S2. The molecular weight excluding hydrogens is 286 g/mol. The number of amides is 1. The van der Waals surface area contributed by atoms with E-state index in [-0.39, 0.29) is 17.1 Å². The second-order valence-electron chi connectivity index (χ2n) is 3.58. The van der Waals surface area contributed by atoms with Crippen molar-refractivity contribution in [2.75, 3.05) is 0 Å². The van der Waals surface area contributed by atoms with Crippen molar-refractivity contribution in [1.29, 1.82) is 0 Å². The number of hydrogen-bond donors (Lipinski definition) is 2. The monoisotopic (exact) mass is 297 g/mol. The Morgan fingerprint density at radius 1 is 1.32 bits per heavy atom. The predicted molar refractivity (Wildman–Crippen MR) is 71.1 cm³/mol. The molecule has 0 radical (unpaired) electrons. The highest BCUT2D eigenvalue weighted by molar-refractivity contribution is 7.90. The molecule has 3 N–H and O–H groups in total. The highest BCUT2D eigenvalue weighted by atomic mass is 32.2. The normalized spacial score (nSPS) is 11.2. The molecule has 1 amide bonds. The Labute approximate surface area is 114 Å². The number of nitrogens with zero attached hydrogens (tertiary/aromatic N) is 1. The van der Waals surface area contributed by atoms with E-state index in [1.54, 1.807) is 18.2 Å². The number of thiazole rings is 1. The summed E-state index contributed by atoms with van der Waals surface area (Å²) < 4.78 is 25.8. The average molecular weight is 297 g/mol. The molecule has 0 aliphatic rings. The fraction of sp³-hybridized carbons (Fsp3) is 0.0909. The Morgan fingerprint density at radius 3 is 2.58 bits per heavy atom. The first-order valence-electron chi connectivity index (χ1n) is 5.29. The molecule has 0 aliphatic heterocycles. The topological polar surface area (TPSA) is 102 Å². The molecule has 0 saturated carbocycles. The molecule has 0 spiro atoms. The van der Waals surface area contributed by atoms with E-state index < -0.39 is 15.9 Å². The van der Waals surface area contributed by atoms with Gasteiger partial charge in [0.1, 0.15) is 10.7 Å². The van der Waals surface area contributed by atoms with Crippen LogP contribution in [0.2, 0.25) is 0 Å². The minimum absolute atomic E-state index is 0.0256. The van der Waals surface area contributed by atoms with Crippen molar-refractivity contribution in [3.63, 3.8) is 0 Å². The van der Waals surface area contributed by atoms with E-state index >= 15 is 0 Å². The molecule has 0 fully saturated rings. The molecule has 1 aromatic carbocycles. The van der Waals surface area contributed by atoms with Crippen molar-refractivity contribution >= 4 is 27.3 Å². The number of rotatable bonds is 4. The molecule has 100 valence electrons. The van der Waals surface area contributed by atoms with Crippen LogP contribution in [0.5, 0.6) is 0 Å². The molecule has 19 heavy (non-hydrogen) atoms. The van der Waals surface area contributed by atoms with Crippen LogP contribution in [0.4, 0.5) is 0 Å². The minimum atomic E-state index is -3.87. The summed E-state index contributed by atoms with van der Waals surface area (Å²) in [7, 11) is -3.87. The Bertz CT molecular complexity index is 680. The fourth-order valence-electron chi connectivity index (χ4n) is 1.34. The SMILES string of the molecule is NCc1nc(C(=O)NS(=O)(=O)c2ccccc2)cs1. The molecule has 0 bridgehead atoms. The molecule has 8 heteroatoms. The molecule has 2 aromatic rings. The summed E-state index contributed by atoms with van der Waals surface area (Å²) in [5.74, 6) is -0.764. The summed E-state index contributed by atoms with van der Waals surface area (Å²) >= 11 is 1.21. The predicted octanol–water partition coefficient (Wildman–Crippen LogP) is 0.721. The van der Waals surface area contributed by atoms with Gasteiger partial charge in [0.2, 0.25) is 0 Å². The number of aromatic nitrogens is 1. The van der Waals surface area contributed by atoms with E-state index in [2.05, 4.69) is 4.98 Å². The number of hydrogen-bond acceptors (Lipinski definition) is 6. The first-order chi connectivity index (χ1) is 9.03. The maximum Gasteiger partial charge on any atom is 0.284 e. The fourth-order valence-corrected chi connectivity index (χ4v) is 2.98. The van der Waals surface area contributed by atoms with Gasteiger partial charge in [-0.3, -0.25) is 4.79 Å². The van der Waals surface area contributed by atoms with Gasteiger partial charge >= 0.3 is 0 Å². The number of carbonyl (C=O) groups is 1. The van der Waals surface area contributed by atoms with E-state index in [0.29, 0.717) is 5.01 Å². The van der Waals surface area contributed by atoms with Crippen LogP contribution in [0.25, 0.3) is 0 Å². The van der Waals surface area contributed by atoms with E-state index in [4.69, 9.17) is 5.73 Å². The van der Waals surface area contributed by atoms with Gasteiger partial charge in [0.05, 0.1) is 4.90 Å². The van der Waals surface area contributed by atoms with Gasteiger partial charge in [0.25, 0.3) is 15.9 Å². The number of sulfonamides is 1. The first kappa shape index (κ1) is 13.7. The van der Waals surface area contributed by atoms with Gasteiger partial charge < -0.3 is 5.73 Å². The van der Waals surface area contributed by atoms with Crippen LogP contribution in [-0.4, -0.2) is 19.3 Å². The lowest BCUT2D eigenvalue weighted by molar-refractivity contribution is 0.0977. The van der Waals surface area contributed by atoms with E-state index in [0.717, 1.165) is 0 Å². The number of nitrogens with one attached hydrogen (secondary N) is 1. The standard InChI is InChI=1S/C11H11N3O3S2/c12-6-10-13-9(7-18-10)11(15)14-19(16,17)8-4-2-1-3-5-8/h1-5,7H,6,12H2,(H,14,15). The number of benzene rings is 1. The van der Waals surface area contributed by atoms with E-state index in [1.165, 1.54) is 28.8 Å². The lowest BCUT2D eigenvalue weighted by Crippen LogP contribution is -2.30. The van der Waals surface area contributed by atoms with Crippen molar-refractivity contribution in [3.05, 3.63) is 46.4 Å². The molecule has 1 heterocycles. The zero-order chi connectivity index (χ0) is 13.9. The van der Waals surface area contributed by atoms with E-state index in [9.17, 15) is 13.2 Å². The van der Waals surface area contributed by atoms with Gasteiger partial charge in [-0.2, -0.15) is 0 Å². The zero-order valence-electron chi connectivity index (χ0n) is 9.74. The molecule has 0 aliphatic carbocycles. The number of carbonyl (C=O) groups excluding carboxylic acids is 1. The third kappa shape index (κ3) is 3.16. The third-order valence-electron chi connectivity index (χ3n) is 2.24. The van der Waals surface area contributed by atoms with Gasteiger partial charge in [0.15, 0.2) is 0 Å². The van der Waals surface area contributed by atoms with Gasteiger partial charge in [-0.1, -0.05) is 18.2 Å². The summed E-state index contributed by atoms with van der Waals surface area (Å²) in [5.41, 5.74) is 5.43. The summed E-state index contributed by atoms with van der Waals surface area (Å²) in [6.45, 7) is 0.212. The molecule has 1 aromatic heterocycles. The Balaban J connectivity index is 2.19. The van der Waals surface area contributed by atoms with Crippen LogP contribution < -0.4 is 10.5 Å². The van der Waals surface area contributed by atoms with Crippen molar-refractivity contribution in [2.24, 2.45) is 5.73 Å². The van der Waals surface area contributed by atoms with Crippen molar-refractivity contribution in [3.8, 4) is 0 Å². The Kier molecular flexibility index (Phi) is 3.93. The summed E-state index contributed by atoms with van der Waals surface area (Å²) in [4.78, 5) is 15.7. The van der Waals surface area contributed by atoms with Gasteiger partial charge in [-0.25, -0.2) is 18.1 Å². The molecule has 0 unspecified atom stereocenters. The summed E-state index contributed by atoms with van der Waals surface area (Å²) in [5, 5.41) is 2.04. The Morgan fingerprint density at radius 2 is 2.00 bits per heavy atom. The van der Waals surface area contributed by atoms with Gasteiger partial charge in [-0.15, -0.1) is 11.3 Å². The quantitative estimate of drug-likeness (QED) is 0.865. The second kappa shape index (κ2) is 5.47. The van der Waals surface area contributed by atoms with Gasteiger partial charge in [-0.05, 0) is 12.1 Å². The number of nitrogens with two attached hydrogens (primary N) is 1. The van der Waals surface area contributed by atoms with Gasteiger partial charge in [0, 0.05) is 11.9 Å². The van der Waals surface area contributed by atoms with Crippen LogP contribution in [0.1, 0.15) is 15.5 Å². The molecule has 0 saturated heterocycles. The minimum Gasteiger partial charge on any atom is -0.325 e. The van der Waals surface area contributed by atoms with Crippen LogP contribution in [-0.2, 0) is 16.6 Å². The molecule has 2 rings (SSSR count). The smallest absolute Gasteiger partial charge is 0.284 e.